The van der Waals surface area contributed by atoms with Crippen molar-refractivity contribution in [2.24, 2.45) is 0 Å². The SMILES string of the molecule is COc1cccc(-c2nc(Cl)c3cc(N)ccn23)c1. The maximum atomic E-state index is 6.15. The lowest BCUT2D eigenvalue weighted by molar-refractivity contribution is 0.415. The first kappa shape index (κ1) is 11.9. The van der Waals surface area contributed by atoms with E-state index in [0.717, 1.165) is 22.7 Å². The molecule has 4 nitrogen and oxygen atoms in total. The van der Waals surface area contributed by atoms with E-state index in [0.29, 0.717) is 10.8 Å². The van der Waals surface area contributed by atoms with Gasteiger partial charge in [0.15, 0.2) is 5.15 Å². The first-order valence-electron chi connectivity index (χ1n) is 5.76. The molecule has 3 rings (SSSR count). The van der Waals surface area contributed by atoms with E-state index in [2.05, 4.69) is 4.98 Å². The molecule has 5 heteroatoms. The first-order chi connectivity index (χ1) is 9.19. The van der Waals surface area contributed by atoms with Gasteiger partial charge in [0.25, 0.3) is 0 Å². The maximum Gasteiger partial charge on any atom is 0.155 e. The maximum absolute atomic E-state index is 6.15. The highest BCUT2D eigenvalue weighted by molar-refractivity contribution is 6.33. The van der Waals surface area contributed by atoms with Gasteiger partial charge in [-0.1, -0.05) is 23.7 Å². The summed E-state index contributed by atoms with van der Waals surface area (Å²) in [5, 5.41) is 0.435. The average Bonchev–Trinajstić information content (AvgIpc) is 2.76. The summed E-state index contributed by atoms with van der Waals surface area (Å²) in [5.41, 5.74) is 8.15. The second kappa shape index (κ2) is 4.48. The smallest absolute Gasteiger partial charge is 0.155 e. The monoisotopic (exact) mass is 273 g/mol. The molecule has 0 saturated carbocycles. The molecule has 96 valence electrons. The van der Waals surface area contributed by atoms with Crippen molar-refractivity contribution in [3.8, 4) is 17.1 Å². The molecule has 19 heavy (non-hydrogen) atoms. The van der Waals surface area contributed by atoms with Gasteiger partial charge in [0.1, 0.15) is 11.6 Å². The number of hydrogen-bond donors (Lipinski definition) is 1. The second-order valence-electron chi connectivity index (χ2n) is 4.17. The normalized spacial score (nSPS) is 10.8. The molecule has 2 N–H and O–H groups in total. The number of benzene rings is 1. The number of pyridine rings is 1. The molecular formula is C14H12ClN3O. The molecule has 0 amide bonds. The predicted molar refractivity (Wildman–Crippen MR) is 76.6 cm³/mol. The molecule has 1 aromatic carbocycles. The third-order valence-electron chi connectivity index (χ3n) is 2.95. The molecular weight excluding hydrogens is 262 g/mol. The van der Waals surface area contributed by atoms with Crippen LogP contribution in [0.3, 0.4) is 0 Å². The van der Waals surface area contributed by atoms with Gasteiger partial charge in [-0.3, -0.25) is 4.40 Å². The Kier molecular flexibility index (Phi) is 2.80. The van der Waals surface area contributed by atoms with Gasteiger partial charge in [-0.25, -0.2) is 4.98 Å². The Morgan fingerprint density at radius 2 is 2.11 bits per heavy atom. The van der Waals surface area contributed by atoms with Gasteiger partial charge in [-0.15, -0.1) is 0 Å². The number of aromatic nitrogens is 2. The molecule has 0 spiro atoms. The number of fused-ring (bicyclic) bond motifs is 1. The molecule has 0 aliphatic carbocycles. The molecule has 0 saturated heterocycles. The lowest BCUT2D eigenvalue weighted by Gasteiger charge is -2.04. The summed E-state index contributed by atoms with van der Waals surface area (Å²) in [6.07, 6.45) is 1.86. The molecule has 2 heterocycles. The minimum atomic E-state index is 0.435. The Bertz CT molecular complexity index is 752. The van der Waals surface area contributed by atoms with Gasteiger partial charge >= 0.3 is 0 Å². The predicted octanol–water partition coefficient (Wildman–Crippen LogP) is 3.25. The van der Waals surface area contributed by atoms with Crippen molar-refractivity contribution in [2.75, 3.05) is 12.8 Å². The lowest BCUT2D eigenvalue weighted by Crippen LogP contribution is -1.92. The topological polar surface area (TPSA) is 52.5 Å². The second-order valence-corrected chi connectivity index (χ2v) is 4.53. The van der Waals surface area contributed by atoms with Crippen LogP contribution in [0.5, 0.6) is 5.75 Å². The zero-order valence-corrected chi connectivity index (χ0v) is 11.1. The lowest BCUT2D eigenvalue weighted by atomic mass is 10.2. The van der Waals surface area contributed by atoms with E-state index in [4.69, 9.17) is 22.1 Å². The van der Waals surface area contributed by atoms with Crippen molar-refractivity contribution in [2.45, 2.75) is 0 Å². The van der Waals surface area contributed by atoms with E-state index < -0.39 is 0 Å². The van der Waals surface area contributed by atoms with E-state index in [1.807, 2.05) is 40.9 Å². The minimum Gasteiger partial charge on any atom is -0.497 e. The van der Waals surface area contributed by atoms with Crippen LogP contribution < -0.4 is 10.5 Å². The molecule has 2 aromatic heterocycles. The number of nitrogens with two attached hydrogens (primary N) is 1. The average molecular weight is 274 g/mol. The largest absolute Gasteiger partial charge is 0.497 e. The number of hydrogen-bond acceptors (Lipinski definition) is 3. The molecule has 0 aliphatic rings. The van der Waals surface area contributed by atoms with Gasteiger partial charge in [-0.05, 0) is 24.3 Å². The summed E-state index contributed by atoms with van der Waals surface area (Å²) in [6.45, 7) is 0. The molecule has 0 aliphatic heterocycles. The fraction of sp³-hybridized carbons (Fsp3) is 0.0714. The Labute approximate surface area is 115 Å². The van der Waals surface area contributed by atoms with Crippen LogP contribution >= 0.6 is 11.6 Å². The van der Waals surface area contributed by atoms with Crippen LogP contribution in [0.15, 0.2) is 42.6 Å². The molecule has 3 aromatic rings. The summed E-state index contributed by atoms with van der Waals surface area (Å²) >= 11 is 6.15. The Morgan fingerprint density at radius 1 is 1.26 bits per heavy atom. The van der Waals surface area contributed by atoms with Gasteiger partial charge in [0.05, 0.1) is 12.6 Å². The molecule has 0 bridgehead atoms. The van der Waals surface area contributed by atoms with Gasteiger partial charge in [0, 0.05) is 17.4 Å². The van der Waals surface area contributed by atoms with Crippen molar-refractivity contribution >= 4 is 22.8 Å². The quantitative estimate of drug-likeness (QED) is 0.780. The highest BCUT2D eigenvalue weighted by atomic mass is 35.5. The van der Waals surface area contributed by atoms with E-state index >= 15 is 0 Å². The number of imidazole rings is 1. The Hall–Kier alpha value is -2.20. The van der Waals surface area contributed by atoms with Gasteiger partial charge < -0.3 is 10.5 Å². The van der Waals surface area contributed by atoms with Crippen LogP contribution in [0.1, 0.15) is 0 Å². The number of anilines is 1. The van der Waals surface area contributed by atoms with Crippen LogP contribution in [0.25, 0.3) is 16.9 Å². The number of nitrogens with zero attached hydrogens (tertiary/aromatic N) is 2. The van der Waals surface area contributed by atoms with Crippen molar-refractivity contribution in [1.29, 1.82) is 0 Å². The van der Waals surface area contributed by atoms with E-state index in [1.54, 1.807) is 13.2 Å². The van der Waals surface area contributed by atoms with Gasteiger partial charge in [0.2, 0.25) is 0 Å². The summed E-state index contributed by atoms with van der Waals surface area (Å²) in [6, 6.07) is 11.3. The third-order valence-corrected chi connectivity index (χ3v) is 3.23. The number of halogens is 1. The minimum absolute atomic E-state index is 0.435. The van der Waals surface area contributed by atoms with E-state index in [-0.39, 0.29) is 0 Å². The number of ether oxygens (including phenoxy) is 1. The fourth-order valence-corrected chi connectivity index (χ4v) is 2.26. The summed E-state index contributed by atoms with van der Waals surface area (Å²) in [7, 11) is 1.64. The highest BCUT2D eigenvalue weighted by Crippen LogP contribution is 2.28. The zero-order chi connectivity index (χ0) is 13.4. The summed E-state index contributed by atoms with van der Waals surface area (Å²) < 4.78 is 7.13. The Morgan fingerprint density at radius 3 is 2.89 bits per heavy atom. The van der Waals surface area contributed by atoms with E-state index in [9.17, 15) is 0 Å². The van der Waals surface area contributed by atoms with Crippen molar-refractivity contribution in [3.63, 3.8) is 0 Å². The van der Waals surface area contributed by atoms with Crippen LogP contribution in [0.4, 0.5) is 5.69 Å². The third kappa shape index (κ3) is 2.00. The highest BCUT2D eigenvalue weighted by Gasteiger charge is 2.11. The number of rotatable bonds is 2. The van der Waals surface area contributed by atoms with E-state index in [1.165, 1.54) is 0 Å². The fourth-order valence-electron chi connectivity index (χ4n) is 2.03. The number of nitrogen functional groups attached to an aromatic ring is 1. The van der Waals surface area contributed by atoms with Crippen LogP contribution in [0.2, 0.25) is 5.15 Å². The van der Waals surface area contributed by atoms with Crippen molar-refractivity contribution < 1.29 is 4.74 Å². The van der Waals surface area contributed by atoms with Crippen LogP contribution in [0, 0.1) is 0 Å². The Balaban J connectivity index is 2.25. The van der Waals surface area contributed by atoms with Crippen LogP contribution in [-0.2, 0) is 0 Å². The first-order valence-corrected chi connectivity index (χ1v) is 6.14. The standard InChI is InChI=1S/C14H12ClN3O/c1-19-11-4-2-3-9(7-11)14-17-13(15)12-8-10(16)5-6-18(12)14/h2-8H,16H2,1H3. The summed E-state index contributed by atoms with van der Waals surface area (Å²) in [4.78, 5) is 4.39. The van der Waals surface area contributed by atoms with Gasteiger partial charge in [-0.2, -0.15) is 0 Å². The molecule has 0 atom stereocenters. The van der Waals surface area contributed by atoms with Crippen LogP contribution in [-0.4, -0.2) is 16.5 Å². The van der Waals surface area contributed by atoms with Crippen molar-refractivity contribution in [3.05, 3.63) is 47.7 Å². The van der Waals surface area contributed by atoms with Crippen molar-refractivity contribution in [1.82, 2.24) is 9.38 Å². The molecule has 0 radical (unpaired) electrons. The zero-order valence-electron chi connectivity index (χ0n) is 10.3. The number of methoxy groups -OCH3 is 1. The molecule has 0 unspecified atom stereocenters. The molecule has 0 fully saturated rings. The summed E-state index contributed by atoms with van der Waals surface area (Å²) in [5.74, 6) is 1.54.